The summed E-state index contributed by atoms with van der Waals surface area (Å²) in [6, 6.07) is 18.5. The summed E-state index contributed by atoms with van der Waals surface area (Å²) in [6.07, 6.45) is 2.41. The molecule has 1 aliphatic rings. The molecule has 5 heterocycles. The highest BCUT2D eigenvalue weighted by Gasteiger charge is 2.24. The van der Waals surface area contributed by atoms with Crippen LogP contribution in [0.25, 0.3) is 27.1 Å². The molecular formula is C27H27N7OS. The van der Waals surface area contributed by atoms with Gasteiger partial charge in [0.15, 0.2) is 11.5 Å². The summed E-state index contributed by atoms with van der Waals surface area (Å²) in [4.78, 5) is 23.6. The van der Waals surface area contributed by atoms with Gasteiger partial charge in [-0.2, -0.15) is 9.61 Å². The molecule has 0 unspecified atom stereocenters. The average molecular weight is 498 g/mol. The van der Waals surface area contributed by atoms with E-state index in [1.54, 1.807) is 10.7 Å². The Morgan fingerprint density at radius 1 is 1.00 bits per heavy atom. The van der Waals surface area contributed by atoms with E-state index in [9.17, 15) is 4.79 Å². The molecule has 1 saturated heterocycles. The summed E-state index contributed by atoms with van der Waals surface area (Å²) >= 11 is 1.49. The third-order valence-electron chi connectivity index (χ3n) is 6.76. The van der Waals surface area contributed by atoms with E-state index in [1.807, 2.05) is 41.3 Å². The van der Waals surface area contributed by atoms with Crippen LogP contribution in [0.1, 0.15) is 34.9 Å². The Morgan fingerprint density at radius 3 is 2.69 bits per heavy atom. The summed E-state index contributed by atoms with van der Waals surface area (Å²) in [5.74, 6) is 0.873. The maximum atomic E-state index is 13.1. The largest absolute Gasteiger partial charge is 0.335 e. The number of hydrogen-bond donors (Lipinski definition) is 0. The lowest BCUT2D eigenvalue weighted by atomic mass is 10.1. The number of fused-ring (bicyclic) bond motifs is 2. The van der Waals surface area contributed by atoms with Gasteiger partial charge in [-0.15, -0.1) is 21.5 Å². The van der Waals surface area contributed by atoms with Crippen molar-refractivity contribution in [2.45, 2.75) is 26.3 Å². The molecule has 0 N–H and O–H groups in total. The van der Waals surface area contributed by atoms with Crippen LogP contribution >= 0.6 is 11.3 Å². The minimum absolute atomic E-state index is 0.103. The lowest BCUT2D eigenvalue weighted by Gasteiger charge is -2.36. The molecule has 8 nitrogen and oxygen atoms in total. The molecule has 0 radical (unpaired) electrons. The van der Waals surface area contributed by atoms with Crippen LogP contribution in [0.15, 0.2) is 60.8 Å². The van der Waals surface area contributed by atoms with Crippen molar-refractivity contribution in [2.75, 3.05) is 26.2 Å². The summed E-state index contributed by atoms with van der Waals surface area (Å²) in [5, 5.41) is 14.6. The van der Waals surface area contributed by atoms with Gasteiger partial charge in [-0.25, -0.2) is 0 Å². The van der Waals surface area contributed by atoms with Gasteiger partial charge in [0.05, 0.1) is 15.3 Å². The number of aromatic nitrogens is 5. The molecule has 1 aliphatic heterocycles. The van der Waals surface area contributed by atoms with Gasteiger partial charge >= 0.3 is 0 Å². The minimum Gasteiger partial charge on any atom is -0.335 e. The number of amides is 1. The van der Waals surface area contributed by atoms with E-state index in [1.165, 1.54) is 11.3 Å². The van der Waals surface area contributed by atoms with Gasteiger partial charge in [0.1, 0.15) is 5.69 Å². The number of pyridine rings is 1. The Hall–Kier alpha value is -3.69. The Kier molecular flexibility index (Phi) is 5.94. The normalized spacial score (nSPS) is 14.8. The SMILES string of the molecule is CC(C)N1CCN(C(=O)c2ccc(-c3ccc4nnc(Cc5ccc6ncccc6c5)n4n3)s2)CC1. The Labute approximate surface area is 213 Å². The molecule has 0 spiro atoms. The molecule has 6 rings (SSSR count). The predicted octanol–water partition coefficient (Wildman–Crippen LogP) is 4.16. The first-order chi connectivity index (χ1) is 17.5. The summed E-state index contributed by atoms with van der Waals surface area (Å²) in [5.41, 5.74) is 3.60. The highest BCUT2D eigenvalue weighted by molar-refractivity contribution is 7.17. The highest BCUT2D eigenvalue weighted by Crippen LogP contribution is 2.28. The minimum atomic E-state index is 0.103. The van der Waals surface area contributed by atoms with Crippen LogP contribution in [0.3, 0.4) is 0 Å². The van der Waals surface area contributed by atoms with Crippen LogP contribution in [0, 0.1) is 0 Å². The van der Waals surface area contributed by atoms with Crippen LogP contribution < -0.4 is 0 Å². The van der Waals surface area contributed by atoms with E-state index in [2.05, 4.69) is 52.1 Å². The van der Waals surface area contributed by atoms with Crippen molar-refractivity contribution in [3.63, 3.8) is 0 Å². The predicted molar refractivity (Wildman–Crippen MR) is 141 cm³/mol. The fourth-order valence-electron chi connectivity index (χ4n) is 4.68. The molecule has 4 aromatic heterocycles. The van der Waals surface area contributed by atoms with Crippen LogP contribution in [0.5, 0.6) is 0 Å². The summed E-state index contributed by atoms with van der Waals surface area (Å²) in [6.45, 7) is 7.78. The Bertz CT molecular complexity index is 1550. The van der Waals surface area contributed by atoms with Crippen molar-refractivity contribution in [1.29, 1.82) is 0 Å². The second-order valence-electron chi connectivity index (χ2n) is 9.40. The number of carbonyl (C=O) groups is 1. The maximum absolute atomic E-state index is 13.1. The summed E-state index contributed by atoms with van der Waals surface area (Å²) in [7, 11) is 0. The monoisotopic (exact) mass is 497 g/mol. The molecule has 0 aliphatic carbocycles. The van der Waals surface area contributed by atoms with E-state index in [0.29, 0.717) is 18.1 Å². The van der Waals surface area contributed by atoms with Crippen molar-refractivity contribution in [3.8, 4) is 10.6 Å². The Morgan fingerprint density at radius 2 is 1.86 bits per heavy atom. The average Bonchev–Trinajstić information content (AvgIpc) is 3.56. The van der Waals surface area contributed by atoms with Crippen molar-refractivity contribution in [3.05, 3.63) is 77.1 Å². The molecule has 1 fully saturated rings. The lowest BCUT2D eigenvalue weighted by Crippen LogP contribution is -2.50. The molecule has 5 aromatic rings. The molecular weight excluding hydrogens is 470 g/mol. The van der Waals surface area contributed by atoms with E-state index >= 15 is 0 Å². The molecule has 0 saturated carbocycles. The molecule has 0 atom stereocenters. The molecule has 182 valence electrons. The zero-order valence-electron chi connectivity index (χ0n) is 20.3. The first-order valence-corrected chi connectivity index (χ1v) is 13.1. The molecule has 1 aromatic carbocycles. The van der Waals surface area contributed by atoms with Crippen molar-refractivity contribution in [1.82, 2.24) is 34.6 Å². The number of benzene rings is 1. The first kappa shape index (κ1) is 22.8. The van der Waals surface area contributed by atoms with Gasteiger partial charge in [0.25, 0.3) is 5.91 Å². The van der Waals surface area contributed by atoms with Crippen LogP contribution in [0.2, 0.25) is 0 Å². The second kappa shape index (κ2) is 9.40. The van der Waals surface area contributed by atoms with Crippen LogP contribution in [0.4, 0.5) is 0 Å². The molecule has 36 heavy (non-hydrogen) atoms. The summed E-state index contributed by atoms with van der Waals surface area (Å²) < 4.78 is 1.80. The van der Waals surface area contributed by atoms with Crippen molar-refractivity contribution < 1.29 is 4.79 Å². The first-order valence-electron chi connectivity index (χ1n) is 12.2. The van der Waals surface area contributed by atoms with Crippen molar-refractivity contribution in [2.24, 2.45) is 0 Å². The number of piperazine rings is 1. The van der Waals surface area contributed by atoms with Gasteiger partial charge in [-0.1, -0.05) is 12.1 Å². The lowest BCUT2D eigenvalue weighted by molar-refractivity contribution is 0.0600. The smallest absolute Gasteiger partial charge is 0.264 e. The Balaban J connectivity index is 1.22. The number of nitrogens with zero attached hydrogens (tertiary/aromatic N) is 7. The van der Waals surface area contributed by atoms with Gasteiger partial charge in [0, 0.05) is 50.2 Å². The fourth-order valence-corrected chi connectivity index (χ4v) is 5.62. The van der Waals surface area contributed by atoms with Gasteiger partial charge < -0.3 is 4.90 Å². The van der Waals surface area contributed by atoms with Gasteiger partial charge in [-0.05, 0) is 61.9 Å². The fraction of sp³-hybridized carbons (Fsp3) is 0.296. The third kappa shape index (κ3) is 4.36. The topological polar surface area (TPSA) is 79.5 Å². The van der Waals surface area contributed by atoms with Crippen LogP contribution in [-0.4, -0.2) is 72.7 Å². The van der Waals surface area contributed by atoms with Crippen LogP contribution in [-0.2, 0) is 6.42 Å². The van der Waals surface area contributed by atoms with E-state index in [4.69, 9.17) is 5.10 Å². The zero-order valence-corrected chi connectivity index (χ0v) is 21.1. The van der Waals surface area contributed by atoms with E-state index in [0.717, 1.165) is 63.9 Å². The number of hydrogen-bond acceptors (Lipinski definition) is 7. The molecule has 0 bridgehead atoms. The van der Waals surface area contributed by atoms with Crippen molar-refractivity contribution >= 4 is 33.8 Å². The van der Waals surface area contributed by atoms with Gasteiger partial charge in [0.2, 0.25) is 0 Å². The molecule has 1 amide bonds. The molecule has 9 heteroatoms. The number of rotatable bonds is 5. The highest BCUT2D eigenvalue weighted by atomic mass is 32.1. The third-order valence-corrected chi connectivity index (χ3v) is 7.85. The second-order valence-corrected chi connectivity index (χ2v) is 10.5. The maximum Gasteiger partial charge on any atom is 0.264 e. The number of thiophene rings is 1. The van der Waals surface area contributed by atoms with E-state index < -0.39 is 0 Å². The van der Waals surface area contributed by atoms with Gasteiger partial charge in [-0.3, -0.25) is 14.7 Å². The standard InChI is InChI=1S/C27H27N7OS/c1-18(2)32-12-14-33(15-13-32)27(35)24-9-8-23(36-24)22-7-10-25-29-30-26(34(25)31-22)17-19-5-6-21-20(16-19)4-3-11-28-21/h3-11,16,18H,12-15,17H2,1-2H3. The van der Waals surface area contributed by atoms with E-state index in [-0.39, 0.29) is 5.91 Å². The zero-order chi connectivity index (χ0) is 24.6. The quantitative estimate of drug-likeness (QED) is 0.363. The number of carbonyl (C=O) groups excluding carboxylic acids is 1.